The number of ether oxygens (including phenoxy) is 1. The van der Waals surface area contributed by atoms with E-state index in [1.54, 1.807) is 30.3 Å². The summed E-state index contributed by atoms with van der Waals surface area (Å²) in [5.74, 6) is -1.43. The smallest absolute Gasteiger partial charge is 0.330 e. The van der Waals surface area contributed by atoms with Crippen molar-refractivity contribution in [3.8, 4) is 0 Å². The van der Waals surface area contributed by atoms with Gasteiger partial charge in [-0.25, -0.2) is 4.79 Å². The zero-order valence-electron chi connectivity index (χ0n) is 9.83. The molecule has 1 aromatic rings. The van der Waals surface area contributed by atoms with Gasteiger partial charge in [0.25, 0.3) is 0 Å². The van der Waals surface area contributed by atoms with Gasteiger partial charge in [0.15, 0.2) is 6.04 Å². The molecule has 2 atom stereocenters. The van der Waals surface area contributed by atoms with Crippen molar-refractivity contribution in [1.82, 2.24) is 5.32 Å². The molecule has 0 aliphatic carbocycles. The summed E-state index contributed by atoms with van der Waals surface area (Å²) in [4.78, 5) is 23.0. The number of amides is 1. The molecule has 1 amide bonds. The molecule has 96 valence electrons. The van der Waals surface area contributed by atoms with E-state index >= 15 is 0 Å². The quantitative estimate of drug-likeness (QED) is 0.838. The standard InChI is InChI=1S/C13H15NO4/c15-12(10-7-4-8-18-10)14-11(13(16)17)9-5-2-1-3-6-9/h1-3,5-6,10-11H,4,7-8H2,(H,14,15)(H,16,17)/t10-,11?/m1/s1. The minimum Gasteiger partial charge on any atom is -0.479 e. The zero-order chi connectivity index (χ0) is 13.0. The molecule has 1 heterocycles. The van der Waals surface area contributed by atoms with Crippen molar-refractivity contribution in [2.45, 2.75) is 25.0 Å². The lowest BCUT2D eigenvalue weighted by Crippen LogP contribution is -2.39. The molecule has 5 nitrogen and oxygen atoms in total. The van der Waals surface area contributed by atoms with Crippen molar-refractivity contribution >= 4 is 11.9 Å². The lowest BCUT2D eigenvalue weighted by molar-refractivity contribution is -0.143. The lowest BCUT2D eigenvalue weighted by Gasteiger charge is -2.17. The van der Waals surface area contributed by atoms with Crippen molar-refractivity contribution in [2.24, 2.45) is 0 Å². The minimum absolute atomic E-state index is 0.358. The molecule has 0 spiro atoms. The number of benzene rings is 1. The van der Waals surface area contributed by atoms with Gasteiger partial charge >= 0.3 is 5.97 Å². The molecule has 1 fully saturated rings. The third-order valence-corrected chi connectivity index (χ3v) is 2.89. The Balaban J connectivity index is 2.07. The van der Waals surface area contributed by atoms with E-state index in [9.17, 15) is 9.59 Å². The van der Waals surface area contributed by atoms with Crippen molar-refractivity contribution in [3.63, 3.8) is 0 Å². The molecule has 1 aromatic carbocycles. The third kappa shape index (κ3) is 2.87. The summed E-state index contributed by atoms with van der Waals surface area (Å²) in [7, 11) is 0. The Bertz CT molecular complexity index is 426. The second kappa shape index (κ2) is 5.64. The van der Waals surface area contributed by atoms with Gasteiger partial charge in [-0.3, -0.25) is 4.79 Å². The predicted molar refractivity (Wildman–Crippen MR) is 63.9 cm³/mol. The molecule has 1 aliphatic heterocycles. The highest BCUT2D eigenvalue weighted by Crippen LogP contribution is 2.16. The molecule has 0 bridgehead atoms. The Labute approximate surface area is 105 Å². The molecule has 0 saturated carbocycles. The Morgan fingerprint density at radius 3 is 2.61 bits per heavy atom. The first-order valence-electron chi connectivity index (χ1n) is 5.88. The number of hydrogen-bond donors (Lipinski definition) is 2. The molecule has 1 saturated heterocycles. The summed E-state index contributed by atoms with van der Waals surface area (Å²) < 4.78 is 5.23. The number of carboxylic acids is 1. The highest BCUT2D eigenvalue weighted by Gasteiger charge is 2.28. The van der Waals surface area contributed by atoms with E-state index < -0.39 is 18.1 Å². The Kier molecular flexibility index (Phi) is 3.94. The molecule has 2 N–H and O–H groups in total. The maximum Gasteiger partial charge on any atom is 0.330 e. The van der Waals surface area contributed by atoms with Gasteiger partial charge in [-0.15, -0.1) is 0 Å². The number of hydrogen-bond acceptors (Lipinski definition) is 3. The Morgan fingerprint density at radius 1 is 1.33 bits per heavy atom. The van der Waals surface area contributed by atoms with Crippen LogP contribution < -0.4 is 5.32 Å². The first kappa shape index (κ1) is 12.6. The summed E-state index contributed by atoms with van der Waals surface area (Å²) in [6.45, 7) is 0.557. The first-order valence-corrected chi connectivity index (χ1v) is 5.88. The molecule has 5 heteroatoms. The second-order valence-corrected chi connectivity index (χ2v) is 4.19. The second-order valence-electron chi connectivity index (χ2n) is 4.19. The van der Waals surface area contributed by atoms with Crippen LogP contribution in [0.25, 0.3) is 0 Å². The Hall–Kier alpha value is -1.88. The van der Waals surface area contributed by atoms with Crippen LogP contribution in [0, 0.1) is 0 Å². The van der Waals surface area contributed by atoms with Crippen molar-refractivity contribution in [1.29, 1.82) is 0 Å². The largest absolute Gasteiger partial charge is 0.479 e. The van der Waals surface area contributed by atoms with Gasteiger partial charge in [0.2, 0.25) is 5.91 Å². The fraction of sp³-hybridized carbons (Fsp3) is 0.385. The number of aliphatic carboxylic acids is 1. The van der Waals surface area contributed by atoms with Crippen LogP contribution in [0.4, 0.5) is 0 Å². The van der Waals surface area contributed by atoms with E-state index in [1.165, 1.54) is 0 Å². The van der Waals surface area contributed by atoms with Gasteiger partial charge < -0.3 is 15.2 Å². The molecule has 1 aliphatic rings. The normalized spacial score (nSPS) is 20.3. The fourth-order valence-corrected chi connectivity index (χ4v) is 1.95. The van der Waals surface area contributed by atoms with Gasteiger partial charge in [-0.05, 0) is 18.4 Å². The zero-order valence-corrected chi connectivity index (χ0v) is 9.83. The van der Waals surface area contributed by atoms with Gasteiger partial charge in [0.05, 0.1) is 0 Å². The summed E-state index contributed by atoms with van der Waals surface area (Å²) in [5.41, 5.74) is 0.552. The van der Waals surface area contributed by atoms with Crippen LogP contribution in [0.3, 0.4) is 0 Å². The van der Waals surface area contributed by atoms with E-state index in [0.717, 1.165) is 6.42 Å². The van der Waals surface area contributed by atoms with Crippen LogP contribution in [-0.4, -0.2) is 29.7 Å². The molecule has 18 heavy (non-hydrogen) atoms. The van der Waals surface area contributed by atoms with E-state index in [2.05, 4.69) is 5.32 Å². The Morgan fingerprint density at radius 2 is 2.06 bits per heavy atom. The van der Waals surface area contributed by atoms with Crippen LogP contribution in [0.1, 0.15) is 24.4 Å². The average Bonchev–Trinajstić information content (AvgIpc) is 2.90. The summed E-state index contributed by atoms with van der Waals surface area (Å²) >= 11 is 0. The SMILES string of the molecule is O=C(O)C(NC(=O)[C@H]1CCCO1)c1ccccc1. The maximum atomic E-state index is 11.8. The molecule has 2 rings (SSSR count). The minimum atomic E-state index is -1.08. The fourth-order valence-electron chi connectivity index (χ4n) is 1.95. The average molecular weight is 249 g/mol. The molecular formula is C13H15NO4. The van der Waals surface area contributed by atoms with Gasteiger partial charge in [0, 0.05) is 6.61 Å². The maximum absolute atomic E-state index is 11.8. The number of nitrogens with one attached hydrogen (secondary N) is 1. The molecular weight excluding hydrogens is 234 g/mol. The molecule has 0 radical (unpaired) electrons. The topological polar surface area (TPSA) is 75.6 Å². The highest BCUT2D eigenvalue weighted by atomic mass is 16.5. The van der Waals surface area contributed by atoms with Crippen LogP contribution >= 0.6 is 0 Å². The van der Waals surface area contributed by atoms with E-state index in [0.29, 0.717) is 18.6 Å². The van der Waals surface area contributed by atoms with Crippen LogP contribution in [0.5, 0.6) is 0 Å². The van der Waals surface area contributed by atoms with Crippen molar-refractivity contribution in [3.05, 3.63) is 35.9 Å². The van der Waals surface area contributed by atoms with E-state index in [1.807, 2.05) is 0 Å². The van der Waals surface area contributed by atoms with Crippen LogP contribution in [-0.2, 0) is 14.3 Å². The first-order chi connectivity index (χ1) is 8.68. The predicted octanol–water partition coefficient (Wildman–Crippen LogP) is 1.11. The van der Waals surface area contributed by atoms with Gasteiger partial charge in [-0.1, -0.05) is 30.3 Å². The van der Waals surface area contributed by atoms with E-state index in [4.69, 9.17) is 9.84 Å². The van der Waals surface area contributed by atoms with Crippen molar-refractivity contribution in [2.75, 3.05) is 6.61 Å². The number of carbonyl (C=O) groups excluding carboxylic acids is 1. The highest BCUT2D eigenvalue weighted by molar-refractivity contribution is 5.87. The number of carboxylic acid groups (broad SMARTS) is 1. The van der Waals surface area contributed by atoms with Crippen LogP contribution in [0.2, 0.25) is 0 Å². The van der Waals surface area contributed by atoms with Crippen LogP contribution in [0.15, 0.2) is 30.3 Å². The van der Waals surface area contributed by atoms with Crippen molar-refractivity contribution < 1.29 is 19.4 Å². The molecule has 1 unspecified atom stereocenters. The summed E-state index contributed by atoms with van der Waals surface area (Å²) in [6, 6.07) is 7.60. The van der Waals surface area contributed by atoms with E-state index in [-0.39, 0.29) is 5.91 Å². The molecule has 0 aromatic heterocycles. The third-order valence-electron chi connectivity index (χ3n) is 2.89. The lowest BCUT2D eigenvalue weighted by atomic mass is 10.1. The monoisotopic (exact) mass is 249 g/mol. The van der Waals surface area contributed by atoms with Gasteiger partial charge in [0.1, 0.15) is 6.10 Å². The summed E-state index contributed by atoms with van der Waals surface area (Å²) in [5, 5.41) is 11.7. The number of carbonyl (C=O) groups is 2. The van der Waals surface area contributed by atoms with Gasteiger partial charge in [-0.2, -0.15) is 0 Å². The number of rotatable bonds is 4. The summed E-state index contributed by atoms with van der Waals surface area (Å²) in [6.07, 6.45) is 0.962.